The summed E-state index contributed by atoms with van der Waals surface area (Å²) in [7, 11) is -3.50. The average Bonchev–Trinajstić information content (AvgIpc) is 2.48. The van der Waals surface area contributed by atoms with E-state index >= 15 is 0 Å². The summed E-state index contributed by atoms with van der Waals surface area (Å²) < 4.78 is 38.3. The van der Waals surface area contributed by atoms with E-state index in [1.54, 1.807) is 18.2 Å². The molecular formula is C12H6BrFO2S. The first kappa shape index (κ1) is 10.9. The van der Waals surface area contributed by atoms with Crippen molar-refractivity contribution in [1.82, 2.24) is 0 Å². The second-order valence-corrected chi connectivity index (χ2v) is 6.59. The van der Waals surface area contributed by atoms with Crippen molar-refractivity contribution in [2.45, 2.75) is 9.79 Å². The van der Waals surface area contributed by atoms with E-state index in [9.17, 15) is 12.8 Å². The molecule has 86 valence electrons. The molecule has 5 heteroatoms. The van der Waals surface area contributed by atoms with Crippen LogP contribution in [0.15, 0.2) is 50.7 Å². The smallest absolute Gasteiger partial charge is 0.207 e. The summed E-state index contributed by atoms with van der Waals surface area (Å²) in [5, 5.41) is 0. The van der Waals surface area contributed by atoms with Crippen molar-refractivity contribution in [2.75, 3.05) is 0 Å². The summed E-state index contributed by atoms with van der Waals surface area (Å²) in [5.41, 5.74) is 0.996. The van der Waals surface area contributed by atoms with Gasteiger partial charge in [0.2, 0.25) is 9.84 Å². The number of halogens is 2. The lowest BCUT2D eigenvalue weighted by Gasteiger charge is -1.98. The van der Waals surface area contributed by atoms with E-state index in [1.165, 1.54) is 12.1 Å². The molecule has 0 bridgehead atoms. The van der Waals surface area contributed by atoms with Crippen LogP contribution in [0.25, 0.3) is 11.1 Å². The van der Waals surface area contributed by atoms with Crippen LogP contribution in [0.5, 0.6) is 0 Å². The maximum Gasteiger partial charge on any atom is 0.207 e. The summed E-state index contributed by atoms with van der Waals surface area (Å²) in [6.07, 6.45) is 0. The maximum absolute atomic E-state index is 13.2. The number of hydrogen-bond acceptors (Lipinski definition) is 2. The molecule has 2 aromatic rings. The van der Waals surface area contributed by atoms with Gasteiger partial charge in [0.15, 0.2) is 0 Å². The first-order chi connectivity index (χ1) is 8.00. The highest BCUT2D eigenvalue weighted by Crippen LogP contribution is 2.44. The van der Waals surface area contributed by atoms with Crippen LogP contribution in [0.1, 0.15) is 0 Å². The van der Waals surface area contributed by atoms with Crippen molar-refractivity contribution in [3.8, 4) is 11.1 Å². The third-order valence-corrected chi connectivity index (χ3v) is 5.10. The van der Waals surface area contributed by atoms with Crippen LogP contribution in [-0.4, -0.2) is 8.42 Å². The van der Waals surface area contributed by atoms with Gasteiger partial charge in [0.25, 0.3) is 0 Å². The molecule has 3 rings (SSSR count). The van der Waals surface area contributed by atoms with Gasteiger partial charge < -0.3 is 0 Å². The molecule has 2 nitrogen and oxygen atoms in total. The predicted octanol–water partition coefficient (Wildman–Crippen LogP) is 3.40. The summed E-state index contributed by atoms with van der Waals surface area (Å²) in [5.74, 6) is -0.435. The molecule has 0 N–H and O–H groups in total. The lowest BCUT2D eigenvalue weighted by atomic mass is 10.1. The third kappa shape index (κ3) is 1.46. The van der Waals surface area contributed by atoms with Crippen LogP contribution in [0.2, 0.25) is 0 Å². The predicted molar refractivity (Wildman–Crippen MR) is 65.0 cm³/mol. The Hall–Kier alpha value is -1.20. The first-order valence-electron chi connectivity index (χ1n) is 4.85. The molecule has 0 unspecified atom stereocenters. The molecule has 17 heavy (non-hydrogen) atoms. The molecule has 0 spiro atoms. The topological polar surface area (TPSA) is 34.1 Å². The molecule has 0 fully saturated rings. The largest absolute Gasteiger partial charge is 0.218 e. The second-order valence-electron chi connectivity index (χ2n) is 3.78. The van der Waals surface area contributed by atoms with E-state index in [4.69, 9.17) is 0 Å². The molecule has 1 aliphatic heterocycles. The Bertz CT molecular complexity index is 738. The molecule has 0 amide bonds. The average molecular weight is 313 g/mol. The molecule has 0 aromatic heterocycles. The standard InChI is InChI=1S/C12H6BrFO2S/c13-7-1-3-9-10-6-8(14)2-4-11(10)17(15,16)12(9)5-7/h1-6H. The van der Waals surface area contributed by atoms with E-state index in [-0.39, 0.29) is 9.79 Å². The lowest BCUT2D eigenvalue weighted by Crippen LogP contribution is -1.96. The number of fused-ring (bicyclic) bond motifs is 3. The summed E-state index contributed by atoms with van der Waals surface area (Å²) in [6, 6.07) is 8.71. The zero-order valence-electron chi connectivity index (χ0n) is 8.44. The Kier molecular flexibility index (Phi) is 2.18. The number of sulfone groups is 1. The quantitative estimate of drug-likeness (QED) is 0.596. The van der Waals surface area contributed by atoms with Crippen LogP contribution < -0.4 is 0 Å². The number of rotatable bonds is 0. The first-order valence-corrected chi connectivity index (χ1v) is 7.12. The van der Waals surface area contributed by atoms with Gasteiger partial charge >= 0.3 is 0 Å². The van der Waals surface area contributed by atoms with Crippen molar-refractivity contribution in [3.63, 3.8) is 0 Å². The van der Waals surface area contributed by atoms with E-state index < -0.39 is 15.7 Å². The highest BCUT2D eigenvalue weighted by molar-refractivity contribution is 9.10. The van der Waals surface area contributed by atoms with E-state index in [2.05, 4.69) is 15.9 Å². The second kappa shape index (κ2) is 3.40. The Labute approximate surface area is 106 Å². The van der Waals surface area contributed by atoms with Crippen LogP contribution in [-0.2, 0) is 9.84 Å². The van der Waals surface area contributed by atoms with Gasteiger partial charge in [-0.2, -0.15) is 0 Å². The molecule has 2 aromatic carbocycles. The number of hydrogen-bond donors (Lipinski definition) is 0. The number of benzene rings is 2. The van der Waals surface area contributed by atoms with Gasteiger partial charge in [-0.15, -0.1) is 0 Å². The Morgan fingerprint density at radius 3 is 2.47 bits per heavy atom. The van der Waals surface area contributed by atoms with Gasteiger partial charge in [-0.25, -0.2) is 12.8 Å². The molecule has 1 heterocycles. The van der Waals surface area contributed by atoms with Crippen molar-refractivity contribution in [2.24, 2.45) is 0 Å². The van der Waals surface area contributed by atoms with Crippen LogP contribution in [0.4, 0.5) is 4.39 Å². The molecule has 0 saturated carbocycles. The minimum absolute atomic E-state index is 0.173. The van der Waals surface area contributed by atoms with Gasteiger partial charge in [0.1, 0.15) is 5.82 Å². The van der Waals surface area contributed by atoms with E-state index in [1.807, 2.05) is 0 Å². The van der Waals surface area contributed by atoms with Gasteiger partial charge in [-0.3, -0.25) is 0 Å². The fraction of sp³-hybridized carbons (Fsp3) is 0. The highest BCUT2D eigenvalue weighted by atomic mass is 79.9. The normalized spacial score (nSPS) is 15.4. The molecule has 0 radical (unpaired) electrons. The van der Waals surface area contributed by atoms with Gasteiger partial charge in [0.05, 0.1) is 9.79 Å². The summed E-state index contributed by atoms with van der Waals surface area (Å²) in [6.45, 7) is 0. The van der Waals surface area contributed by atoms with Gasteiger partial charge in [-0.1, -0.05) is 22.0 Å². The van der Waals surface area contributed by atoms with Crippen molar-refractivity contribution >= 4 is 25.8 Å². The lowest BCUT2D eigenvalue weighted by molar-refractivity contribution is 0.598. The molecule has 1 aliphatic rings. The third-order valence-electron chi connectivity index (χ3n) is 2.75. The van der Waals surface area contributed by atoms with Gasteiger partial charge in [0, 0.05) is 15.6 Å². The highest BCUT2D eigenvalue weighted by Gasteiger charge is 2.33. The zero-order valence-corrected chi connectivity index (χ0v) is 10.8. The van der Waals surface area contributed by atoms with Crippen LogP contribution in [0, 0.1) is 5.82 Å². The molecular weight excluding hydrogens is 307 g/mol. The summed E-state index contributed by atoms with van der Waals surface area (Å²) in [4.78, 5) is 0.402. The molecule has 0 atom stereocenters. The van der Waals surface area contributed by atoms with Crippen molar-refractivity contribution in [3.05, 3.63) is 46.7 Å². The minimum Gasteiger partial charge on any atom is -0.218 e. The Morgan fingerprint density at radius 1 is 0.941 bits per heavy atom. The van der Waals surface area contributed by atoms with Crippen LogP contribution in [0.3, 0.4) is 0 Å². The fourth-order valence-corrected chi connectivity index (χ4v) is 4.21. The van der Waals surface area contributed by atoms with Gasteiger partial charge in [-0.05, 0) is 30.3 Å². The monoisotopic (exact) mass is 312 g/mol. The Balaban J connectivity index is 2.47. The Morgan fingerprint density at radius 2 is 1.71 bits per heavy atom. The minimum atomic E-state index is -3.50. The van der Waals surface area contributed by atoms with Crippen molar-refractivity contribution in [1.29, 1.82) is 0 Å². The van der Waals surface area contributed by atoms with Crippen molar-refractivity contribution < 1.29 is 12.8 Å². The van der Waals surface area contributed by atoms with Crippen LogP contribution >= 0.6 is 15.9 Å². The zero-order chi connectivity index (χ0) is 12.2. The SMILES string of the molecule is O=S1(=O)c2ccc(F)cc2-c2ccc(Br)cc21. The van der Waals surface area contributed by atoms with E-state index in [0.29, 0.717) is 15.6 Å². The summed E-state index contributed by atoms with van der Waals surface area (Å²) >= 11 is 3.24. The van der Waals surface area contributed by atoms with E-state index in [0.717, 1.165) is 6.07 Å². The fourth-order valence-electron chi connectivity index (χ4n) is 2.01. The maximum atomic E-state index is 13.2. The molecule has 0 saturated heterocycles. The molecule has 0 aliphatic carbocycles.